The van der Waals surface area contributed by atoms with Crippen LogP contribution < -0.4 is 16.4 Å². The summed E-state index contributed by atoms with van der Waals surface area (Å²) < 4.78 is 61.7. The number of carbonyl (C=O) groups is 3. The van der Waals surface area contributed by atoms with Gasteiger partial charge in [-0.2, -0.15) is 16.9 Å². The van der Waals surface area contributed by atoms with E-state index in [9.17, 15) is 63.0 Å². The molecule has 0 aromatic carbocycles. The minimum atomic E-state index is -5.59. The highest BCUT2D eigenvalue weighted by Gasteiger charge is 2.50. The smallest absolute Gasteiger partial charge is 0.481 e. The highest BCUT2D eigenvalue weighted by molar-refractivity contribution is 8.10. The first-order valence-electron chi connectivity index (χ1n) is 16.7. The number of aromatic nitrogens is 4. The quantitative estimate of drug-likeness (QED) is 0.0260. The van der Waals surface area contributed by atoms with E-state index in [1.807, 2.05) is 0 Å². The number of nitrogen functional groups attached to an aromatic ring is 1. The van der Waals surface area contributed by atoms with Crippen molar-refractivity contribution < 1.29 is 90.7 Å². The predicted octanol–water partition coefficient (Wildman–Crippen LogP) is -0.990. The summed E-state index contributed by atoms with van der Waals surface area (Å²) in [6, 6.07) is 0. The molecule has 1 aliphatic heterocycles. The molecule has 12 N–H and O–H groups in total. The van der Waals surface area contributed by atoms with Gasteiger partial charge in [0.25, 0.3) is 0 Å². The summed E-state index contributed by atoms with van der Waals surface area (Å²) in [5, 5.41) is 45.3. The molecule has 0 bridgehead atoms. The van der Waals surface area contributed by atoms with Gasteiger partial charge >= 0.3 is 29.4 Å². The number of hydrogen-bond donors (Lipinski definition) is 12. The summed E-state index contributed by atoms with van der Waals surface area (Å²) in [7, 11) is -16.4. The molecule has 1 saturated heterocycles. The zero-order valence-electron chi connectivity index (χ0n) is 30.9. The second-order valence-electron chi connectivity index (χ2n) is 13.7. The summed E-state index contributed by atoms with van der Waals surface area (Å²) in [5.41, 5.74) is 2.76. The van der Waals surface area contributed by atoms with E-state index in [1.54, 1.807) is 0 Å². The Kier molecular flexibility index (Phi) is 17.7. The van der Waals surface area contributed by atoms with Crippen molar-refractivity contribution in [3.8, 4) is 0 Å². The van der Waals surface area contributed by atoms with Crippen LogP contribution in [0.15, 0.2) is 12.7 Å². The van der Waals surface area contributed by atoms with Crippen LogP contribution in [0.4, 0.5) is 5.82 Å². The molecule has 58 heavy (non-hydrogen) atoms. The molecule has 26 nitrogen and oxygen atoms in total. The number of nitrogens with zero attached hydrogens (tertiary/aromatic N) is 4. The number of aliphatic carboxylic acids is 1. The van der Waals surface area contributed by atoms with Gasteiger partial charge in [-0.25, -0.2) is 28.6 Å². The molecule has 2 unspecified atom stereocenters. The lowest BCUT2D eigenvalue weighted by molar-refractivity contribution is -0.142. The number of amides is 2. The largest absolute Gasteiger partial charge is 0.481 e. The van der Waals surface area contributed by atoms with Crippen LogP contribution in [0.2, 0.25) is 0 Å². The third-order valence-electron chi connectivity index (χ3n) is 7.96. The van der Waals surface area contributed by atoms with E-state index in [1.165, 1.54) is 32.5 Å². The van der Waals surface area contributed by atoms with E-state index in [0.717, 1.165) is 17.2 Å². The molecule has 3 heterocycles. The Morgan fingerprint density at radius 3 is 2.36 bits per heavy atom. The summed E-state index contributed by atoms with van der Waals surface area (Å²) in [6.07, 6.45) is -7.40. The summed E-state index contributed by atoms with van der Waals surface area (Å²) in [5.74, 6) is -2.29. The molecule has 9 atom stereocenters. The average molecular weight is 930 g/mol. The summed E-state index contributed by atoms with van der Waals surface area (Å²) in [6.45, 7) is 1.76. The van der Waals surface area contributed by atoms with Crippen molar-refractivity contribution in [1.82, 2.24) is 30.2 Å². The number of hydrogen-bond acceptors (Lipinski definition) is 20. The van der Waals surface area contributed by atoms with Crippen LogP contribution >= 0.6 is 47.9 Å². The second kappa shape index (κ2) is 20.5. The van der Waals surface area contributed by atoms with Gasteiger partial charge < -0.3 is 61.1 Å². The lowest BCUT2D eigenvalue weighted by atomic mass is 9.87. The number of rotatable bonds is 24. The number of thiol groups is 1. The standard InChI is InChI=1S/C27H46N7O19P3S2/c1-26(2,21(39)24(40)30-5-4-15(35)29-6-7-58-17(57)9-27(3,41)8-16(36)37)11-50-56(47,48)53-55(45,46)49-10-14-20(52-54(42,43)44)19(38)25(51-14)34-13-33-18-22(28)31-12-32-23(18)34/h12-14,17,19-21,25,38-39,41,57H,4-11H2,1-3H3,(H,29,35)(H,30,40)(H,36,37)(H,45,46)(H,47,48)(H2,28,31,32)(H2,42,43,44)/t14-,17-,19-,20-,21+,25-,27+/m1/s1. The van der Waals surface area contributed by atoms with E-state index in [4.69, 9.17) is 24.6 Å². The number of nitrogens with two attached hydrogens (primary N) is 1. The van der Waals surface area contributed by atoms with Gasteiger partial charge in [0.05, 0.1) is 31.6 Å². The fourth-order valence-corrected chi connectivity index (χ4v) is 9.67. The molecule has 1 fully saturated rings. The molecule has 2 amide bonds. The van der Waals surface area contributed by atoms with Crippen molar-refractivity contribution in [3.05, 3.63) is 12.7 Å². The van der Waals surface area contributed by atoms with E-state index >= 15 is 0 Å². The first-order valence-corrected chi connectivity index (χ1v) is 22.8. The zero-order valence-corrected chi connectivity index (χ0v) is 35.3. The van der Waals surface area contributed by atoms with Crippen LogP contribution in [0.1, 0.15) is 46.3 Å². The van der Waals surface area contributed by atoms with E-state index < -0.39 is 107 Å². The molecule has 0 saturated carbocycles. The Labute approximate surface area is 339 Å². The van der Waals surface area contributed by atoms with Gasteiger partial charge in [-0.3, -0.25) is 32.5 Å². The maximum absolute atomic E-state index is 12.7. The Balaban J connectivity index is 1.47. The number of thioether (sulfide) groups is 1. The zero-order chi connectivity index (χ0) is 43.9. The number of carboxylic acid groups (broad SMARTS) is 1. The number of aliphatic hydroxyl groups is 3. The fourth-order valence-electron chi connectivity index (χ4n) is 5.16. The minimum absolute atomic E-state index is 0.0214. The molecular formula is C27H46N7O19P3S2. The molecule has 31 heteroatoms. The number of phosphoric ester groups is 3. The van der Waals surface area contributed by atoms with Gasteiger partial charge in [0.1, 0.15) is 36.3 Å². The molecule has 2 aromatic rings. The topological polar surface area (TPSA) is 404 Å². The number of carboxylic acids is 1. The van der Waals surface area contributed by atoms with Gasteiger partial charge in [-0.1, -0.05) is 13.8 Å². The van der Waals surface area contributed by atoms with Crippen LogP contribution in [0.25, 0.3) is 11.2 Å². The molecular weight excluding hydrogens is 883 g/mol. The SMILES string of the molecule is CC(C)(COP(=O)(O)OP(=O)(O)OC[C@H]1O[C@@H](n2cnc3c(N)ncnc32)[C@H](O)[C@@H]1OP(=O)(O)O)[C@@H](O)C(=O)NCCC(=O)NCCS[C@@H](S)C[C@@](C)(O)CC(=O)O. The number of anilines is 1. The van der Waals surface area contributed by atoms with Crippen LogP contribution in [-0.4, -0.2) is 144 Å². The maximum Gasteiger partial charge on any atom is 0.481 e. The number of phosphoric acid groups is 3. The third-order valence-corrected chi connectivity index (χ3v) is 12.7. The van der Waals surface area contributed by atoms with Crippen LogP contribution in [0.5, 0.6) is 0 Å². The number of fused-ring (bicyclic) bond motifs is 1. The molecule has 0 aliphatic carbocycles. The normalized spacial score (nSPS) is 23.0. The molecule has 0 spiro atoms. The number of imidazole rings is 1. The fraction of sp³-hybridized carbons (Fsp3) is 0.704. The van der Waals surface area contributed by atoms with Crippen molar-refractivity contribution >= 4 is 82.6 Å². The van der Waals surface area contributed by atoms with Crippen molar-refractivity contribution in [2.45, 2.75) is 80.9 Å². The Bertz CT molecular complexity index is 1900. The van der Waals surface area contributed by atoms with Crippen LogP contribution in [0, 0.1) is 5.41 Å². The average Bonchev–Trinajstić information content (AvgIpc) is 3.63. The number of nitrogens with one attached hydrogen (secondary N) is 2. The molecule has 330 valence electrons. The highest BCUT2D eigenvalue weighted by Crippen LogP contribution is 2.61. The summed E-state index contributed by atoms with van der Waals surface area (Å²) >= 11 is 5.58. The van der Waals surface area contributed by atoms with E-state index in [0.29, 0.717) is 5.75 Å². The van der Waals surface area contributed by atoms with Gasteiger partial charge in [-0.05, 0) is 13.3 Å². The van der Waals surface area contributed by atoms with Gasteiger partial charge in [0.2, 0.25) is 11.8 Å². The van der Waals surface area contributed by atoms with Crippen molar-refractivity contribution in [1.29, 1.82) is 0 Å². The summed E-state index contributed by atoms with van der Waals surface area (Å²) in [4.78, 5) is 86.5. The first-order chi connectivity index (χ1) is 26.6. The van der Waals surface area contributed by atoms with Gasteiger partial charge in [0, 0.05) is 35.3 Å². The lowest BCUT2D eigenvalue weighted by Crippen LogP contribution is -2.46. The first kappa shape index (κ1) is 50.0. The van der Waals surface area contributed by atoms with Gasteiger partial charge in [0.15, 0.2) is 17.7 Å². The number of ether oxygens (including phenoxy) is 1. The van der Waals surface area contributed by atoms with Crippen molar-refractivity contribution in [2.24, 2.45) is 5.41 Å². The number of aliphatic hydroxyl groups excluding tert-OH is 2. The van der Waals surface area contributed by atoms with Crippen molar-refractivity contribution in [2.75, 3.05) is 37.8 Å². The predicted molar refractivity (Wildman–Crippen MR) is 202 cm³/mol. The van der Waals surface area contributed by atoms with E-state index in [2.05, 4.69) is 47.0 Å². The lowest BCUT2D eigenvalue weighted by Gasteiger charge is -2.30. The maximum atomic E-state index is 12.7. The minimum Gasteiger partial charge on any atom is -0.481 e. The monoisotopic (exact) mass is 929 g/mol. The number of carbonyl (C=O) groups excluding carboxylic acids is 2. The van der Waals surface area contributed by atoms with Crippen LogP contribution in [0.3, 0.4) is 0 Å². The third kappa shape index (κ3) is 15.6. The molecule has 0 radical (unpaired) electrons. The second-order valence-corrected chi connectivity index (χ2v) is 20.2. The Morgan fingerprint density at radius 1 is 1.07 bits per heavy atom. The highest BCUT2D eigenvalue weighted by atomic mass is 32.2. The Hall–Kier alpha value is -2.33. The molecule has 1 aliphatic rings. The van der Waals surface area contributed by atoms with Crippen molar-refractivity contribution in [3.63, 3.8) is 0 Å². The van der Waals surface area contributed by atoms with Gasteiger partial charge in [-0.15, -0.1) is 11.8 Å². The Morgan fingerprint density at radius 2 is 1.72 bits per heavy atom. The van der Waals surface area contributed by atoms with Crippen LogP contribution in [-0.2, 0) is 50.7 Å². The molecule has 2 aromatic heterocycles. The molecule has 3 rings (SSSR count). The van der Waals surface area contributed by atoms with E-state index in [-0.39, 0.29) is 42.9 Å².